The molecule has 1 aliphatic heterocycles. The maximum Gasteiger partial charge on any atom is 0.0476 e. The largest absolute Gasteiger partial charge is 0.314 e. The van der Waals surface area contributed by atoms with E-state index in [4.69, 9.17) is 0 Å². The van der Waals surface area contributed by atoms with Gasteiger partial charge in [0.05, 0.1) is 0 Å². The van der Waals surface area contributed by atoms with Crippen molar-refractivity contribution in [1.82, 2.24) is 10.2 Å². The van der Waals surface area contributed by atoms with Crippen molar-refractivity contribution in [3.63, 3.8) is 0 Å². The molecule has 2 aliphatic rings. The maximum absolute atomic E-state index is 3.57. The number of thioether (sulfide) groups is 1. The van der Waals surface area contributed by atoms with Crippen molar-refractivity contribution >= 4 is 11.8 Å². The summed E-state index contributed by atoms with van der Waals surface area (Å²) in [6.07, 6.45) is 6.47. The molecular weight excluding hydrogens is 252 g/mol. The number of hydrogen-bond acceptors (Lipinski definition) is 3. The lowest BCUT2D eigenvalue weighted by molar-refractivity contribution is 0.111. The standard InChI is InChI=1S/C16H24N2S/c1-19-16-9-5-8-14(16)18-11-10-17-12-15(18)13-6-3-2-4-7-13/h2-4,6-7,14-17H,5,8-12H2,1H3. The minimum Gasteiger partial charge on any atom is -0.314 e. The number of nitrogens with zero attached hydrogens (tertiary/aromatic N) is 1. The first-order valence-corrected chi connectivity index (χ1v) is 8.73. The van der Waals surface area contributed by atoms with Gasteiger partial charge in [-0.3, -0.25) is 4.90 Å². The molecule has 0 amide bonds. The van der Waals surface area contributed by atoms with Crippen LogP contribution in [0.4, 0.5) is 0 Å². The molecule has 1 aromatic rings. The Hall–Kier alpha value is -0.510. The van der Waals surface area contributed by atoms with Crippen molar-refractivity contribution in [3.05, 3.63) is 35.9 Å². The quantitative estimate of drug-likeness (QED) is 0.914. The Kier molecular flexibility index (Phi) is 4.46. The van der Waals surface area contributed by atoms with Gasteiger partial charge >= 0.3 is 0 Å². The molecule has 1 aromatic carbocycles. The number of hydrogen-bond donors (Lipinski definition) is 1. The number of piperazine rings is 1. The second-order valence-corrected chi connectivity index (χ2v) is 6.72. The van der Waals surface area contributed by atoms with E-state index in [0.717, 1.165) is 24.4 Å². The molecule has 0 aromatic heterocycles. The Balaban J connectivity index is 1.81. The molecule has 1 heterocycles. The van der Waals surface area contributed by atoms with Crippen LogP contribution in [0.3, 0.4) is 0 Å². The molecule has 19 heavy (non-hydrogen) atoms. The predicted molar refractivity (Wildman–Crippen MR) is 83.7 cm³/mol. The minimum atomic E-state index is 0.563. The van der Waals surface area contributed by atoms with E-state index in [0.29, 0.717) is 6.04 Å². The summed E-state index contributed by atoms with van der Waals surface area (Å²) in [5.74, 6) is 0. The highest BCUT2D eigenvalue weighted by Gasteiger charge is 2.36. The van der Waals surface area contributed by atoms with Crippen LogP contribution in [0.1, 0.15) is 30.9 Å². The zero-order chi connectivity index (χ0) is 13.1. The van der Waals surface area contributed by atoms with E-state index in [1.54, 1.807) is 0 Å². The van der Waals surface area contributed by atoms with Crippen LogP contribution in [0.5, 0.6) is 0 Å². The summed E-state index contributed by atoms with van der Waals surface area (Å²) < 4.78 is 0. The highest BCUT2D eigenvalue weighted by atomic mass is 32.2. The van der Waals surface area contributed by atoms with E-state index >= 15 is 0 Å². The molecule has 3 atom stereocenters. The first kappa shape index (κ1) is 13.5. The van der Waals surface area contributed by atoms with Gasteiger partial charge in [0.1, 0.15) is 0 Å². The molecule has 104 valence electrons. The number of benzene rings is 1. The van der Waals surface area contributed by atoms with Crippen LogP contribution >= 0.6 is 11.8 Å². The molecule has 0 bridgehead atoms. The number of rotatable bonds is 3. The van der Waals surface area contributed by atoms with Crippen LogP contribution in [0.15, 0.2) is 30.3 Å². The summed E-state index contributed by atoms with van der Waals surface area (Å²) in [5, 5.41) is 4.41. The Bertz CT molecular complexity index is 395. The van der Waals surface area contributed by atoms with Gasteiger partial charge in [0.15, 0.2) is 0 Å². The smallest absolute Gasteiger partial charge is 0.0476 e. The molecule has 3 heteroatoms. The molecule has 2 fully saturated rings. The summed E-state index contributed by atoms with van der Waals surface area (Å²) in [6, 6.07) is 12.4. The van der Waals surface area contributed by atoms with Crippen molar-refractivity contribution in [2.24, 2.45) is 0 Å². The van der Waals surface area contributed by atoms with E-state index < -0.39 is 0 Å². The molecular formula is C16H24N2S. The fourth-order valence-electron chi connectivity index (χ4n) is 3.66. The average molecular weight is 276 g/mol. The van der Waals surface area contributed by atoms with Crippen LogP contribution in [-0.4, -0.2) is 42.1 Å². The van der Waals surface area contributed by atoms with Gasteiger partial charge in [-0.2, -0.15) is 11.8 Å². The molecule has 1 N–H and O–H groups in total. The predicted octanol–water partition coefficient (Wildman–Crippen LogP) is 2.92. The van der Waals surface area contributed by atoms with E-state index in [1.807, 2.05) is 0 Å². The molecule has 1 aliphatic carbocycles. The van der Waals surface area contributed by atoms with E-state index in [9.17, 15) is 0 Å². The first-order valence-electron chi connectivity index (χ1n) is 7.44. The van der Waals surface area contributed by atoms with Gasteiger partial charge < -0.3 is 5.32 Å². The molecule has 0 radical (unpaired) electrons. The van der Waals surface area contributed by atoms with E-state index in [1.165, 1.54) is 31.4 Å². The van der Waals surface area contributed by atoms with Gasteiger partial charge in [-0.15, -0.1) is 0 Å². The van der Waals surface area contributed by atoms with E-state index in [2.05, 4.69) is 58.6 Å². The Morgan fingerprint density at radius 2 is 2.05 bits per heavy atom. The maximum atomic E-state index is 3.57. The van der Waals surface area contributed by atoms with Crippen LogP contribution in [0.2, 0.25) is 0 Å². The van der Waals surface area contributed by atoms with Gasteiger partial charge in [-0.05, 0) is 24.7 Å². The highest BCUT2D eigenvalue weighted by Crippen LogP contribution is 2.36. The van der Waals surface area contributed by atoms with Crippen LogP contribution in [0.25, 0.3) is 0 Å². The van der Waals surface area contributed by atoms with Gasteiger partial charge in [-0.25, -0.2) is 0 Å². The zero-order valence-corrected chi connectivity index (χ0v) is 12.5. The third-order valence-corrected chi connectivity index (χ3v) is 5.77. The summed E-state index contributed by atoms with van der Waals surface area (Å²) in [5.41, 5.74) is 1.47. The molecule has 1 saturated carbocycles. The third-order valence-electron chi connectivity index (χ3n) is 4.62. The summed E-state index contributed by atoms with van der Waals surface area (Å²) in [7, 11) is 0. The summed E-state index contributed by atoms with van der Waals surface area (Å²) in [4.78, 5) is 2.78. The van der Waals surface area contributed by atoms with Crippen molar-refractivity contribution in [2.75, 3.05) is 25.9 Å². The SMILES string of the molecule is CSC1CCCC1N1CCNCC1c1ccccc1. The minimum absolute atomic E-state index is 0.563. The topological polar surface area (TPSA) is 15.3 Å². The Morgan fingerprint density at radius 3 is 2.84 bits per heavy atom. The molecule has 3 rings (SSSR count). The second kappa shape index (κ2) is 6.29. The van der Waals surface area contributed by atoms with Crippen LogP contribution < -0.4 is 5.32 Å². The van der Waals surface area contributed by atoms with Crippen molar-refractivity contribution in [1.29, 1.82) is 0 Å². The van der Waals surface area contributed by atoms with Crippen LogP contribution in [0, 0.1) is 0 Å². The average Bonchev–Trinajstić information content (AvgIpc) is 2.96. The molecule has 3 unspecified atom stereocenters. The molecule has 1 saturated heterocycles. The van der Waals surface area contributed by atoms with Gasteiger partial charge in [0, 0.05) is 37.0 Å². The Morgan fingerprint density at radius 1 is 1.21 bits per heavy atom. The molecule has 2 nitrogen and oxygen atoms in total. The fraction of sp³-hybridized carbons (Fsp3) is 0.625. The van der Waals surface area contributed by atoms with Gasteiger partial charge in [0.2, 0.25) is 0 Å². The monoisotopic (exact) mass is 276 g/mol. The third kappa shape index (κ3) is 2.83. The second-order valence-electron chi connectivity index (χ2n) is 5.64. The molecule has 0 spiro atoms. The van der Waals surface area contributed by atoms with Gasteiger partial charge in [-0.1, -0.05) is 36.8 Å². The van der Waals surface area contributed by atoms with E-state index in [-0.39, 0.29) is 0 Å². The van der Waals surface area contributed by atoms with Crippen molar-refractivity contribution < 1.29 is 0 Å². The number of nitrogens with one attached hydrogen (secondary N) is 1. The zero-order valence-electron chi connectivity index (χ0n) is 11.7. The Labute approximate surface area is 121 Å². The van der Waals surface area contributed by atoms with Crippen molar-refractivity contribution in [3.8, 4) is 0 Å². The lowest BCUT2D eigenvalue weighted by Crippen LogP contribution is -2.52. The highest BCUT2D eigenvalue weighted by molar-refractivity contribution is 7.99. The van der Waals surface area contributed by atoms with Crippen LogP contribution in [-0.2, 0) is 0 Å². The lowest BCUT2D eigenvalue weighted by atomic mass is 10.0. The summed E-state index contributed by atoms with van der Waals surface area (Å²) in [6.45, 7) is 3.43. The fourth-order valence-corrected chi connectivity index (χ4v) is 4.67. The van der Waals surface area contributed by atoms with Gasteiger partial charge in [0.25, 0.3) is 0 Å². The lowest BCUT2D eigenvalue weighted by Gasteiger charge is -2.42. The van der Waals surface area contributed by atoms with Crippen molar-refractivity contribution in [2.45, 2.75) is 36.6 Å². The first-order chi connectivity index (χ1) is 9.40. The summed E-state index contributed by atoms with van der Waals surface area (Å²) >= 11 is 2.07. The normalized spacial score (nSPS) is 32.6.